The number of aromatic nitrogens is 3. The molecule has 106 valence electrons. The van der Waals surface area contributed by atoms with Gasteiger partial charge in [-0.05, 0) is 54.2 Å². The van der Waals surface area contributed by atoms with Gasteiger partial charge in [-0.25, -0.2) is 9.67 Å². The molecule has 0 radical (unpaired) electrons. The molecule has 4 nitrogen and oxygen atoms in total. The fraction of sp³-hybridized carbons (Fsp3) is 0.429. The van der Waals surface area contributed by atoms with Crippen molar-refractivity contribution in [1.82, 2.24) is 20.1 Å². The van der Waals surface area contributed by atoms with E-state index >= 15 is 0 Å². The van der Waals surface area contributed by atoms with Gasteiger partial charge in [-0.15, -0.1) is 0 Å². The van der Waals surface area contributed by atoms with Crippen molar-refractivity contribution in [3.8, 4) is 5.82 Å². The van der Waals surface area contributed by atoms with Gasteiger partial charge in [-0.3, -0.25) is 0 Å². The highest BCUT2D eigenvalue weighted by Gasteiger charge is 2.20. The molecule has 1 fully saturated rings. The van der Waals surface area contributed by atoms with Gasteiger partial charge < -0.3 is 5.32 Å². The van der Waals surface area contributed by atoms with E-state index in [4.69, 9.17) is 11.6 Å². The minimum Gasteiger partial charge on any atom is -0.310 e. The predicted octanol–water partition coefficient (Wildman–Crippen LogP) is 3.55. The molecule has 0 saturated heterocycles. The molecule has 1 saturated carbocycles. The lowest BCUT2D eigenvalue weighted by Crippen LogP contribution is -2.16. The number of rotatable bonds is 4. The van der Waals surface area contributed by atoms with Gasteiger partial charge in [-0.1, -0.05) is 11.6 Å². The Balaban J connectivity index is 1.92. The van der Waals surface area contributed by atoms with E-state index in [1.165, 1.54) is 12.8 Å². The highest BCUT2D eigenvalue weighted by Crippen LogP contribution is 2.25. The first-order chi connectivity index (χ1) is 9.56. The molecule has 6 heteroatoms. The number of aryl methyl sites for hydroxylation is 1. The van der Waals surface area contributed by atoms with Gasteiger partial charge in [0.1, 0.15) is 0 Å². The molecule has 0 amide bonds. The van der Waals surface area contributed by atoms with E-state index in [1.54, 1.807) is 6.20 Å². The fourth-order valence-corrected chi connectivity index (χ4v) is 2.52. The molecule has 1 aliphatic carbocycles. The summed E-state index contributed by atoms with van der Waals surface area (Å²) in [6.07, 6.45) is 4.23. The maximum atomic E-state index is 6.22. The summed E-state index contributed by atoms with van der Waals surface area (Å²) in [5.74, 6) is 0.799. The quantitative estimate of drug-likeness (QED) is 0.912. The van der Waals surface area contributed by atoms with Crippen molar-refractivity contribution in [2.45, 2.75) is 39.3 Å². The van der Waals surface area contributed by atoms with Crippen LogP contribution in [0.5, 0.6) is 0 Å². The van der Waals surface area contributed by atoms with Crippen molar-refractivity contribution < 1.29 is 0 Å². The molecule has 0 bridgehead atoms. The minimum absolute atomic E-state index is 0.658. The second kappa shape index (κ2) is 5.47. The van der Waals surface area contributed by atoms with Gasteiger partial charge >= 0.3 is 0 Å². The number of pyridine rings is 1. The third kappa shape index (κ3) is 2.75. The van der Waals surface area contributed by atoms with Crippen molar-refractivity contribution in [1.29, 1.82) is 0 Å². The molecular weight excluding hydrogens is 340 g/mol. The molecule has 0 aliphatic heterocycles. The van der Waals surface area contributed by atoms with Crippen LogP contribution in [-0.4, -0.2) is 20.8 Å². The molecule has 2 heterocycles. The summed E-state index contributed by atoms with van der Waals surface area (Å²) >= 11 is 9.76. The summed E-state index contributed by atoms with van der Waals surface area (Å²) in [6.45, 7) is 4.76. The van der Waals surface area contributed by atoms with Crippen molar-refractivity contribution in [3.05, 3.63) is 38.7 Å². The van der Waals surface area contributed by atoms with Crippen molar-refractivity contribution in [2.75, 3.05) is 0 Å². The Bertz CT molecular complexity index is 649. The number of nitrogens with zero attached hydrogens (tertiary/aromatic N) is 3. The summed E-state index contributed by atoms with van der Waals surface area (Å²) in [5, 5.41) is 8.67. The first-order valence-corrected chi connectivity index (χ1v) is 7.83. The van der Waals surface area contributed by atoms with Crippen molar-refractivity contribution in [2.24, 2.45) is 0 Å². The van der Waals surface area contributed by atoms with E-state index in [2.05, 4.69) is 31.3 Å². The van der Waals surface area contributed by atoms with Crippen LogP contribution in [0.25, 0.3) is 5.82 Å². The van der Waals surface area contributed by atoms with Crippen LogP contribution in [0.1, 0.15) is 29.8 Å². The molecule has 1 aliphatic rings. The van der Waals surface area contributed by atoms with Crippen LogP contribution in [0.4, 0.5) is 0 Å². The Labute approximate surface area is 131 Å². The van der Waals surface area contributed by atoms with E-state index in [0.717, 1.165) is 33.8 Å². The van der Waals surface area contributed by atoms with Crippen LogP contribution in [-0.2, 0) is 6.54 Å². The number of nitrogens with one attached hydrogen (secondary N) is 1. The van der Waals surface area contributed by atoms with Crippen LogP contribution in [0.2, 0.25) is 5.02 Å². The summed E-state index contributed by atoms with van der Waals surface area (Å²) < 4.78 is 2.86. The zero-order valence-electron chi connectivity index (χ0n) is 11.5. The van der Waals surface area contributed by atoms with Crippen molar-refractivity contribution in [3.63, 3.8) is 0 Å². The summed E-state index contributed by atoms with van der Waals surface area (Å²) in [6, 6.07) is 2.66. The standard InChI is InChI=1S/C14H16BrClN4/c1-8-14(15)9(2)20(19-8)13-5-10(12(16)7-18-13)6-17-11-3-4-11/h5,7,11,17H,3-4,6H2,1-2H3. The lowest BCUT2D eigenvalue weighted by Gasteiger charge is -2.09. The monoisotopic (exact) mass is 354 g/mol. The first-order valence-electron chi connectivity index (χ1n) is 6.66. The zero-order valence-corrected chi connectivity index (χ0v) is 13.8. The van der Waals surface area contributed by atoms with Gasteiger partial charge in [0.15, 0.2) is 5.82 Å². The summed E-state index contributed by atoms with van der Waals surface area (Å²) in [5.41, 5.74) is 3.06. The van der Waals surface area contributed by atoms with Gasteiger partial charge in [0.25, 0.3) is 0 Å². The van der Waals surface area contributed by atoms with Crippen molar-refractivity contribution >= 4 is 27.5 Å². The number of hydrogen-bond donors (Lipinski definition) is 1. The zero-order chi connectivity index (χ0) is 14.3. The lowest BCUT2D eigenvalue weighted by atomic mass is 10.2. The predicted molar refractivity (Wildman–Crippen MR) is 83.4 cm³/mol. The van der Waals surface area contributed by atoms with E-state index < -0.39 is 0 Å². The van der Waals surface area contributed by atoms with Crippen LogP contribution in [0.15, 0.2) is 16.7 Å². The summed E-state index contributed by atoms with van der Waals surface area (Å²) in [7, 11) is 0. The van der Waals surface area contributed by atoms with Crippen LogP contribution >= 0.6 is 27.5 Å². The average Bonchev–Trinajstić information content (AvgIpc) is 3.22. The number of halogens is 2. The van der Waals surface area contributed by atoms with Crippen LogP contribution in [0.3, 0.4) is 0 Å². The fourth-order valence-electron chi connectivity index (χ4n) is 2.11. The lowest BCUT2D eigenvalue weighted by molar-refractivity contribution is 0.685. The molecular formula is C14H16BrClN4. The first kappa shape index (κ1) is 14.0. The number of hydrogen-bond acceptors (Lipinski definition) is 3. The Morgan fingerprint density at radius 2 is 2.20 bits per heavy atom. The topological polar surface area (TPSA) is 42.7 Å². The molecule has 0 aromatic carbocycles. The molecule has 1 N–H and O–H groups in total. The molecule has 2 aromatic heterocycles. The van der Waals surface area contributed by atoms with Gasteiger partial charge in [-0.2, -0.15) is 5.10 Å². The Morgan fingerprint density at radius 1 is 1.45 bits per heavy atom. The van der Waals surface area contributed by atoms with Gasteiger partial charge in [0, 0.05) is 18.8 Å². The molecule has 3 rings (SSSR count). The Hall–Kier alpha value is -0.910. The second-order valence-corrected chi connectivity index (χ2v) is 6.39. The molecule has 0 atom stereocenters. The molecule has 2 aromatic rings. The normalized spacial score (nSPS) is 14.8. The van der Waals surface area contributed by atoms with E-state index in [1.807, 2.05) is 24.6 Å². The van der Waals surface area contributed by atoms with E-state index in [9.17, 15) is 0 Å². The van der Waals surface area contributed by atoms with E-state index in [0.29, 0.717) is 11.1 Å². The highest BCUT2D eigenvalue weighted by molar-refractivity contribution is 9.10. The third-order valence-corrected chi connectivity index (χ3v) is 4.99. The minimum atomic E-state index is 0.658. The third-order valence-electron chi connectivity index (χ3n) is 3.50. The highest BCUT2D eigenvalue weighted by atomic mass is 79.9. The largest absolute Gasteiger partial charge is 0.310 e. The second-order valence-electron chi connectivity index (χ2n) is 5.19. The SMILES string of the molecule is Cc1nn(-c2cc(CNC3CC3)c(Cl)cn2)c(C)c1Br. The van der Waals surface area contributed by atoms with Crippen LogP contribution in [0, 0.1) is 13.8 Å². The van der Waals surface area contributed by atoms with Gasteiger partial charge in [0.2, 0.25) is 0 Å². The van der Waals surface area contributed by atoms with E-state index in [-0.39, 0.29) is 0 Å². The van der Waals surface area contributed by atoms with Crippen LogP contribution < -0.4 is 5.32 Å². The summed E-state index contributed by atoms with van der Waals surface area (Å²) in [4.78, 5) is 4.39. The average molecular weight is 356 g/mol. The maximum Gasteiger partial charge on any atom is 0.154 e. The maximum absolute atomic E-state index is 6.22. The Kier molecular flexibility index (Phi) is 3.84. The molecule has 20 heavy (non-hydrogen) atoms. The molecule has 0 spiro atoms. The Morgan fingerprint density at radius 3 is 2.80 bits per heavy atom. The molecule has 0 unspecified atom stereocenters. The van der Waals surface area contributed by atoms with Gasteiger partial charge in [0.05, 0.1) is 20.9 Å². The smallest absolute Gasteiger partial charge is 0.154 e.